The molecular formula is C16H16N4O. The minimum absolute atomic E-state index is 0.761. The van der Waals surface area contributed by atoms with Crippen LogP contribution in [0.1, 0.15) is 0 Å². The molecular weight excluding hydrogens is 264 g/mol. The summed E-state index contributed by atoms with van der Waals surface area (Å²) in [5.74, 6) is 0.989. The van der Waals surface area contributed by atoms with E-state index in [4.69, 9.17) is 4.74 Å². The summed E-state index contributed by atoms with van der Waals surface area (Å²) >= 11 is 0. The van der Waals surface area contributed by atoms with E-state index in [0.717, 1.165) is 54.3 Å². The predicted octanol–water partition coefficient (Wildman–Crippen LogP) is 2.46. The van der Waals surface area contributed by atoms with Gasteiger partial charge in [0.15, 0.2) is 0 Å². The molecule has 0 aliphatic carbocycles. The third-order valence-electron chi connectivity index (χ3n) is 3.82. The Labute approximate surface area is 122 Å². The van der Waals surface area contributed by atoms with Crippen molar-refractivity contribution in [2.45, 2.75) is 0 Å². The number of ether oxygens (including phenoxy) is 1. The van der Waals surface area contributed by atoms with Gasteiger partial charge < -0.3 is 9.64 Å². The quantitative estimate of drug-likeness (QED) is 0.783. The molecule has 1 N–H and O–H groups in total. The van der Waals surface area contributed by atoms with Crippen LogP contribution in [0.3, 0.4) is 0 Å². The Bertz CT molecular complexity index is 762. The van der Waals surface area contributed by atoms with Gasteiger partial charge in [0.05, 0.1) is 18.7 Å². The normalized spacial score (nSPS) is 15.5. The lowest BCUT2D eigenvalue weighted by atomic mass is 10.1. The highest BCUT2D eigenvalue weighted by atomic mass is 16.5. The molecule has 1 aliphatic heterocycles. The van der Waals surface area contributed by atoms with Crippen molar-refractivity contribution in [3.05, 3.63) is 42.6 Å². The number of benzene rings is 1. The number of anilines is 1. The topological polar surface area (TPSA) is 54.0 Å². The maximum Gasteiger partial charge on any atom is 0.129 e. The zero-order chi connectivity index (χ0) is 14.1. The molecule has 1 aliphatic rings. The SMILES string of the molecule is c1ccc2c(-c3ccnc(N4CCOCC4)c3)n[nH]c2c1. The zero-order valence-electron chi connectivity index (χ0n) is 11.6. The van der Waals surface area contributed by atoms with Gasteiger partial charge in [-0.3, -0.25) is 5.10 Å². The van der Waals surface area contributed by atoms with E-state index < -0.39 is 0 Å². The number of rotatable bonds is 2. The lowest BCUT2D eigenvalue weighted by Gasteiger charge is -2.27. The Morgan fingerprint density at radius 1 is 1.10 bits per heavy atom. The molecule has 3 aromatic rings. The van der Waals surface area contributed by atoms with E-state index in [2.05, 4.69) is 32.2 Å². The maximum atomic E-state index is 5.39. The summed E-state index contributed by atoms with van der Waals surface area (Å²) in [6.07, 6.45) is 1.85. The highest BCUT2D eigenvalue weighted by Crippen LogP contribution is 2.28. The average Bonchev–Trinajstić information content (AvgIpc) is 3.00. The highest BCUT2D eigenvalue weighted by Gasteiger charge is 2.14. The largest absolute Gasteiger partial charge is 0.378 e. The maximum absolute atomic E-state index is 5.39. The number of morpholine rings is 1. The smallest absolute Gasteiger partial charge is 0.129 e. The number of aromatic nitrogens is 3. The number of fused-ring (bicyclic) bond motifs is 1. The fourth-order valence-electron chi connectivity index (χ4n) is 2.71. The first kappa shape index (κ1) is 12.3. The van der Waals surface area contributed by atoms with Crippen LogP contribution in [0.15, 0.2) is 42.6 Å². The lowest BCUT2D eigenvalue weighted by molar-refractivity contribution is 0.122. The number of pyridine rings is 1. The Hall–Kier alpha value is -2.40. The standard InChI is InChI=1S/C16H16N4O/c1-2-4-14-13(3-1)16(19-18-14)12-5-6-17-15(11-12)20-7-9-21-10-8-20/h1-6,11H,7-10H2,(H,18,19). The lowest BCUT2D eigenvalue weighted by Crippen LogP contribution is -2.36. The summed E-state index contributed by atoms with van der Waals surface area (Å²) in [6, 6.07) is 12.3. The first-order valence-electron chi connectivity index (χ1n) is 7.14. The van der Waals surface area contributed by atoms with Crippen LogP contribution in [0, 0.1) is 0 Å². The molecule has 0 spiro atoms. The van der Waals surface area contributed by atoms with E-state index in [0.29, 0.717) is 0 Å². The molecule has 0 bridgehead atoms. The number of aromatic amines is 1. The van der Waals surface area contributed by atoms with Gasteiger partial charge in [-0.1, -0.05) is 18.2 Å². The first-order valence-corrected chi connectivity index (χ1v) is 7.14. The molecule has 3 heterocycles. The summed E-state index contributed by atoms with van der Waals surface area (Å²) in [4.78, 5) is 6.74. The Balaban J connectivity index is 1.75. The van der Waals surface area contributed by atoms with Crippen LogP contribution < -0.4 is 4.90 Å². The van der Waals surface area contributed by atoms with Gasteiger partial charge in [0.2, 0.25) is 0 Å². The average molecular weight is 280 g/mol. The van der Waals surface area contributed by atoms with Gasteiger partial charge in [0.1, 0.15) is 11.5 Å². The summed E-state index contributed by atoms with van der Waals surface area (Å²) in [7, 11) is 0. The monoisotopic (exact) mass is 280 g/mol. The van der Waals surface area contributed by atoms with Crippen molar-refractivity contribution >= 4 is 16.7 Å². The van der Waals surface area contributed by atoms with E-state index in [1.54, 1.807) is 0 Å². The third kappa shape index (κ3) is 2.25. The number of H-pyrrole nitrogens is 1. The second-order valence-corrected chi connectivity index (χ2v) is 5.12. The number of hydrogen-bond donors (Lipinski definition) is 1. The van der Waals surface area contributed by atoms with Gasteiger partial charge in [-0.15, -0.1) is 0 Å². The fraction of sp³-hybridized carbons (Fsp3) is 0.250. The first-order chi connectivity index (χ1) is 10.4. The number of hydrogen-bond acceptors (Lipinski definition) is 4. The van der Waals surface area contributed by atoms with Crippen LogP contribution in [0.5, 0.6) is 0 Å². The van der Waals surface area contributed by atoms with Crippen LogP contribution in [-0.2, 0) is 4.74 Å². The van der Waals surface area contributed by atoms with Crippen LogP contribution in [0.2, 0.25) is 0 Å². The number of nitrogens with one attached hydrogen (secondary N) is 1. The van der Waals surface area contributed by atoms with Crippen LogP contribution in [-0.4, -0.2) is 41.5 Å². The summed E-state index contributed by atoms with van der Waals surface area (Å²) in [5.41, 5.74) is 3.11. The van der Waals surface area contributed by atoms with Crippen LogP contribution in [0.25, 0.3) is 22.2 Å². The number of nitrogens with zero attached hydrogens (tertiary/aromatic N) is 3. The van der Waals surface area contributed by atoms with Gasteiger partial charge >= 0.3 is 0 Å². The summed E-state index contributed by atoms with van der Waals surface area (Å²) in [5, 5.41) is 8.67. The van der Waals surface area contributed by atoms with Crippen molar-refractivity contribution in [1.29, 1.82) is 0 Å². The Morgan fingerprint density at radius 3 is 2.86 bits per heavy atom. The molecule has 5 heteroatoms. The van der Waals surface area contributed by atoms with E-state index >= 15 is 0 Å². The molecule has 4 rings (SSSR count). The molecule has 0 amide bonds. The van der Waals surface area contributed by atoms with Crippen molar-refractivity contribution in [3.63, 3.8) is 0 Å². The minimum Gasteiger partial charge on any atom is -0.378 e. The molecule has 5 nitrogen and oxygen atoms in total. The zero-order valence-corrected chi connectivity index (χ0v) is 11.6. The van der Waals surface area contributed by atoms with E-state index in [1.807, 2.05) is 30.5 Å². The molecule has 1 aromatic carbocycles. The van der Waals surface area contributed by atoms with Crippen molar-refractivity contribution in [2.75, 3.05) is 31.2 Å². The highest BCUT2D eigenvalue weighted by molar-refractivity contribution is 5.93. The molecule has 21 heavy (non-hydrogen) atoms. The van der Waals surface area contributed by atoms with Crippen LogP contribution >= 0.6 is 0 Å². The molecule has 0 unspecified atom stereocenters. The van der Waals surface area contributed by atoms with E-state index in [9.17, 15) is 0 Å². The van der Waals surface area contributed by atoms with E-state index in [-0.39, 0.29) is 0 Å². The van der Waals surface area contributed by atoms with Crippen molar-refractivity contribution in [3.8, 4) is 11.3 Å². The molecule has 2 aromatic heterocycles. The second kappa shape index (κ2) is 5.18. The van der Waals surface area contributed by atoms with Gasteiger partial charge in [0, 0.05) is 30.2 Å². The third-order valence-corrected chi connectivity index (χ3v) is 3.82. The number of para-hydroxylation sites is 1. The molecule has 106 valence electrons. The molecule has 0 atom stereocenters. The van der Waals surface area contributed by atoms with Gasteiger partial charge in [-0.25, -0.2) is 4.98 Å². The molecule has 0 saturated carbocycles. The molecule has 1 saturated heterocycles. The van der Waals surface area contributed by atoms with Gasteiger partial charge in [-0.05, 0) is 18.2 Å². The molecule has 1 fully saturated rings. The summed E-state index contributed by atoms with van der Waals surface area (Å²) < 4.78 is 5.39. The van der Waals surface area contributed by atoms with Crippen molar-refractivity contribution < 1.29 is 4.74 Å². The van der Waals surface area contributed by atoms with E-state index in [1.165, 1.54) is 0 Å². The summed E-state index contributed by atoms with van der Waals surface area (Å²) in [6.45, 7) is 3.30. The fourth-order valence-corrected chi connectivity index (χ4v) is 2.71. The Kier molecular flexibility index (Phi) is 3.05. The predicted molar refractivity (Wildman–Crippen MR) is 82.4 cm³/mol. The minimum atomic E-state index is 0.761. The van der Waals surface area contributed by atoms with Crippen LogP contribution in [0.4, 0.5) is 5.82 Å². The Morgan fingerprint density at radius 2 is 1.95 bits per heavy atom. The van der Waals surface area contributed by atoms with Gasteiger partial charge in [-0.2, -0.15) is 5.10 Å². The van der Waals surface area contributed by atoms with Crippen molar-refractivity contribution in [2.24, 2.45) is 0 Å². The van der Waals surface area contributed by atoms with Gasteiger partial charge in [0.25, 0.3) is 0 Å². The molecule has 0 radical (unpaired) electrons. The second-order valence-electron chi connectivity index (χ2n) is 5.12. The van der Waals surface area contributed by atoms with Crippen molar-refractivity contribution in [1.82, 2.24) is 15.2 Å².